The highest BCUT2D eigenvalue weighted by Crippen LogP contribution is 2.25. The van der Waals surface area contributed by atoms with Crippen LogP contribution >= 0.6 is 27.7 Å². The van der Waals surface area contributed by atoms with Crippen LogP contribution in [-0.4, -0.2) is 18.1 Å². The fraction of sp³-hybridized carbons (Fsp3) is 0.500. The molecule has 84 valence electrons. The summed E-state index contributed by atoms with van der Waals surface area (Å²) in [6.45, 7) is 5.06. The highest BCUT2D eigenvalue weighted by atomic mass is 79.9. The molecule has 0 aromatic heterocycles. The maximum Gasteiger partial charge on any atom is 0.133 e. The van der Waals surface area contributed by atoms with Gasteiger partial charge in [-0.2, -0.15) is 11.8 Å². The number of benzene rings is 1. The van der Waals surface area contributed by atoms with Crippen LogP contribution in [-0.2, 0) is 0 Å². The quantitative estimate of drug-likeness (QED) is 0.723. The molecule has 0 spiro atoms. The van der Waals surface area contributed by atoms with Crippen LogP contribution in [0.2, 0.25) is 0 Å². The first-order valence-corrected chi connectivity index (χ1v) is 7.15. The van der Waals surface area contributed by atoms with Crippen LogP contribution < -0.4 is 4.74 Å². The second-order valence-electron chi connectivity index (χ2n) is 3.33. The van der Waals surface area contributed by atoms with Gasteiger partial charge in [-0.1, -0.05) is 13.0 Å². The molecular formula is C12H17BrOS. The molecule has 1 aromatic rings. The first-order chi connectivity index (χ1) is 7.24. The van der Waals surface area contributed by atoms with Crippen molar-refractivity contribution in [3.8, 4) is 5.75 Å². The van der Waals surface area contributed by atoms with Crippen molar-refractivity contribution in [1.29, 1.82) is 0 Å². The maximum absolute atomic E-state index is 5.68. The van der Waals surface area contributed by atoms with E-state index in [0.29, 0.717) is 0 Å². The molecule has 0 saturated carbocycles. The van der Waals surface area contributed by atoms with Crippen LogP contribution in [0, 0.1) is 6.92 Å². The van der Waals surface area contributed by atoms with Crippen molar-refractivity contribution >= 4 is 27.7 Å². The van der Waals surface area contributed by atoms with Gasteiger partial charge in [0.05, 0.1) is 11.1 Å². The molecule has 15 heavy (non-hydrogen) atoms. The molecule has 1 rings (SSSR count). The lowest BCUT2D eigenvalue weighted by Gasteiger charge is -2.08. The molecule has 0 aliphatic carbocycles. The van der Waals surface area contributed by atoms with Crippen molar-refractivity contribution in [2.45, 2.75) is 20.3 Å². The first-order valence-electron chi connectivity index (χ1n) is 5.20. The third-order valence-corrected chi connectivity index (χ3v) is 3.59. The molecule has 0 unspecified atom stereocenters. The molecule has 0 amide bonds. The Morgan fingerprint density at radius 3 is 2.87 bits per heavy atom. The monoisotopic (exact) mass is 288 g/mol. The lowest BCUT2D eigenvalue weighted by atomic mass is 10.2. The zero-order valence-corrected chi connectivity index (χ0v) is 11.7. The molecule has 1 nitrogen and oxygen atoms in total. The van der Waals surface area contributed by atoms with E-state index in [1.165, 1.54) is 17.1 Å². The summed E-state index contributed by atoms with van der Waals surface area (Å²) in [7, 11) is 0. The summed E-state index contributed by atoms with van der Waals surface area (Å²) in [5, 5.41) is 0. The topological polar surface area (TPSA) is 9.23 Å². The fourth-order valence-electron chi connectivity index (χ4n) is 1.21. The van der Waals surface area contributed by atoms with Crippen LogP contribution in [0.4, 0.5) is 0 Å². The first kappa shape index (κ1) is 12.9. The van der Waals surface area contributed by atoms with Crippen molar-refractivity contribution in [2.75, 3.05) is 18.1 Å². The normalized spacial score (nSPS) is 10.3. The minimum Gasteiger partial charge on any atom is -0.492 e. The highest BCUT2D eigenvalue weighted by Gasteiger charge is 2.00. The van der Waals surface area contributed by atoms with E-state index in [1.807, 2.05) is 17.8 Å². The van der Waals surface area contributed by atoms with E-state index in [-0.39, 0.29) is 0 Å². The molecular weight excluding hydrogens is 272 g/mol. The van der Waals surface area contributed by atoms with E-state index in [1.54, 1.807) is 0 Å². The number of aryl methyl sites for hydroxylation is 1. The molecule has 3 heteroatoms. The summed E-state index contributed by atoms with van der Waals surface area (Å²) in [4.78, 5) is 0. The Balaban J connectivity index is 2.31. The standard InChI is InChI=1S/C12H17BrOS/c1-3-15-8-4-7-14-12-6-5-10(2)9-11(12)13/h5-6,9H,3-4,7-8H2,1-2H3. The summed E-state index contributed by atoms with van der Waals surface area (Å²) in [6.07, 6.45) is 1.11. The molecule has 0 radical (unpaired) electrons. The van der Waals surface area contributed by atoms with E-state index in [4.69, 9.17) is 4.74 Å². The highest BCUT2D eigenvalue weighted by molar-refractivity contribution is 9.10. The third-order valence-electron chi connectivity index (χ3n) is 1.98. The minimum absolute atomic E-state index is 0.800. The van der Waals surface area contributed by atoms with Crippen LogP contribution in [0.5, 0.6) is 5.75 Å². The number of thioether (sulfide) groups is 1. The van der Waals surface area contributed by atoms with Gasteiger partial charge in [0.25, 0.3) is 0 Å². The summed E-state index contributed by atoms with van der Waals surface area (Å²) in [6, 6.07) is 6.17. The number of hydrogen-bond acceptors (Lipinski definition) is 2. The molecule has 0 aliphatic heterocycles. The van der Waals surface area contributed by atoms with Gasteiger partial charge >= 0.3 is 0 Å². The second kappa shape index (κ2) is 7.18. The van der Waals surface area contributed by atoms with Crippen molar-refractivity contribution < 1.29 is 4.74 Å². The average molecular weight is 289 g/mol. The third kappa shape index (κ3) is 4.94. The van der Waals surface area contributed by atoms with Crippen LogP contribution in [0.15, 0.2) is 22.7 Å². The molecule has 1 aromatic carbocycles. The Morgan fingerprint density at radius 1 is 1.40 bits per heavy atom. The predicted molar refractivity (Wildman–Crippen MR) is 72.0 cm³/mol. The molecule has 0 bridgehead atoms. The van der Waals surface area contributed by atoms with Gasteiger partial charge in [0, 0.05) is 0 Å². The molecule has 0 atom stereocenters. The Hall–Kier alpha value is -0.150. The van der Waals surface area contributed by atoms with E-state index in [2.05, 4.69) is 41.9 Å². The fourth-order valence-corrected chi connectivity index (χ4v) is 2.43. The van der Waals surface area contributed by atoms with Crippen molar-refractivity contribution in [2.24, 2.45) is 0 Å². The summed E-state index contributed by atoms with van der Waals surface area (Å²) < 4.78 is 6.73. The van der Waals surface area contributed by atoms with E-state index >= 15 is 0 Å². The van der Waals surface area contributed by atoms with E-state index in [9.17, 15) is 0 Å². The van der Waals surface area contributed by atoms with Crippen molar-refractivity contribution in [3.63, 3.8) is 0 Å². The molecule has 0 fully saturated rings. The minimum atomic E-state index is 0.800. The van der Waals surface area contributed by atoms with Crippen LogP contribution in [0.1, 0.15) is 18.9 Å². The van der Waals surface area contributed by atoms with E-state index in [0.717, 1.165) is 23.2 Å². The SMILES string of the molecule is CCSCCCOc1ccc(C)cc1Br. The molecule has 0 aliphatic rings. The molecule has 0 heterocycles. The van der Waals surface area contributed by atoms with Crippen LogP contribution in [0.3, 0.4) is 0 Å². The average Bonchev–Trinajstić information content (AvgIpc) is 2.20. The van der Waals surface area contributed by atoms with Gasteiger partial charge < -0.3 is 4.74 Å². The smallest absolute Gasteiger partial charge is 0.133 e. The van der Waals surface area contributed by atoms with Crippen LogP contribution in [0.25, 0.3) is 0 Å². The Bertz CT molecular complexity index is 302. The Morgan fingerprint density at radius 2 is 2.20 bits per heavy atom. The number of rotatable bonds is 6. The van der Waals surface area contributed by atoms with Gasteiger partial charge in [0.15, 0.2) is 0 Å². The second-order valence-corrected chi connectivity index (χ2v) is 5.58. The summed E-state index contributed by atoms with van der Waals surface area (Å²) >= 11 is 5.46. The van der Waals surface area contributed by atoms with Gasteiger partial charge in [-0.25, -0.2) is 0 Å². The molecule has 0 N–H and O–H groups in total. The maximum atomic E-state index is 5.68. The van der Waals surface area contributed by atoms with Gasteiger partial charge in [-0.05, 0) is 58.5 Å². The number of halogens is 1. The van der Waals surface area contributed by atoms with Gasteiger partial charge in [-0.15, -0.1) is 0 Å². The lowest BCUT2D eigenvalue weighted by Crippen LogP contribution is -1.99. The van der Waals surface area contributed by atoms with Gasteiger partial charge in [-0.3, -0.25) is 0 Å². The summed E-state index contributed by atoms with van der Waals surface area (Å²) in [5.41, 5.74) is 1.25. The Labute approximate surface area is 105 Å². The van der Waals surface area contributed by atoms with E-state index < -0.39 is 0 Å². The Kier molecular flexibility index (Phi) is 6.18. The largest absolute Gasteiger partial charge is 0.492 e. The zero-order valence-electron chi connectivity index (χ0n) is 9.25. The lowest BCUT2D eigenvalue weighted by molar-refractivity contribution is 0.316. The van der Waals surface area contributed by atoms with Gasteiger partial charge in [0.1, 0.15) is 5.75 Å². The molecule has 0 saturated heterocycles. The number of ether oxygens (including phenoxy) is 1. The predicted octanol–water partition coefficient (Wildman–Crippen LogP) is 4.28. The van der Waals surface area contributed by atoms with Gasteiger partial charge in [0.2, 0.25) is 0 Å². The summed E-state index contributed by atoms with van der Waals surface area (Å²) in [5.74, 6) is 3.32. The number of hydrogen-bond donors (Lipinski definition) is 0. The zero-order chi connectivity index (χ0) is 11.1. The van der Waals surface area contributed by atoms with Crippen molar-refractivity contribution in [1.82, 2.24) is 0 Å². The van der Waals surface area contributed by atoms with Crippen molar-refractivity contribution in [3.05, 3.63) is 28.2 Å².